The minimum Gasteiger partial charge on any atom is -0.381 e. The van der Waals surface area contributed by atoms with Crippen LogP contribution in [0.3, 0.4) is 0 Å². The molecule has 0 radical (unpaired) electrons. The zero-order valence-corrected chi connectivity index (χ0v) is 11.3. The van der Waals surface area contributed by atoms with Gasteiger partial charge >= 0.3 is 0 Å². The maximum Gasteiger partial charge on any atom is 0.0569 e. The smallest absolute Gasteiger partial charge is 0.0569 e. The first-order chi connectivity index (χ1) is 8.66. The Balaban J connectivity index is 1.93. The average Bonchev–Trinajstić information content (AvgIpc) is 2.40. The van der Waals surface area contributed by atoms with Crippen LogP contribution in [-0.4, -0.2) is 31.8 Å². The van der Waals surface area contributed by atoms with Crippen LogP contribution in [0.1, 0.15) is 31.5 Å². The first kappa shape index (κ1) is 13.3. The average molecular weight is 249 g/mol. The molecular weight excluding hydrogens is 226 g/mol. The molecule has 0 aliphatic carbocycles. The number of hydrogen-bond acceptors (Lipinski definition) is 4. The molecule has 2 heterocycles. The van der Waals surface area contributed by atoms with Gasteiger partial charge in [0.25, 0.3) is 0 Å². The monoisotopic (exact) mass is 249 g/mol. The number of anilines is 1. The third kappa shape index (κ3) is 3.43. The second-order valence-corrected chi connectivity index (χ2v) is 5.17. The van der Waals surface area contributed by atoms with Crippen LogP contribution in [0.2, 0.25) is 0 Å². The Hall–Kier alpha value is -1.13. The highest BCUT2D eigenvalue weighted by Crippen LogP contribution is 2.20. The predicted molar refractivity (Wildman–Crippen MR) is 73.7 cm³/mol. The summed E-state index contributed by atoms with van der Waals surface area (Å²) in [6.45, 7) is 4.83. The Morgan fingerprint density at radius 1 is 1.44 bits per heavy atom. The molecule has 1 aliphatic heterocycles. The van der Waals surface area contributed by atoms with Crippen molar-refractivity contribution in [2.75, 3.05) is 31.7 Å². The molecular formula is C14H23N3O. The summed E-state index contributed by atoms with van der Waals surface area (Å²) in [7, 11) is 2.12. The zero-order valence-electron chi connectivity index (χ0n) is 11.3. The molecule has 0 amide bonds. The fourth-order valence-corrected chi connectivity index (χ4v) is 2.31. The van der Waals surface area contributed by atoms with Crippen molar-refractivity contribution >= 4 is 5.69 Å². The molecule has 100 valence electrons. The molecule has 1 aliphatic rings. The van der Waals surface area contributed by atoms with E-state index in [1.54, 1.807) is 0 Å². The summed E-state index contributed by atoms with van der Waals surface area (Å²) in [4.78, 5) is 6.67. The number of rotatable bonds is 4. The van der Waals surface area contributed by atoms with Gasteiger partial charge in [0, 0.05) is 32.8 Å². The molecule has 1 atom stereocenters. The summed E-state index contributed by atoms with van der Waals surface area (Å²) >= 11 is 0. The van der Waals surface area contributed by atoms with Crippen molar-refractivity contribution in [1.82, 2.24) is 4.98 Å². The second kappa shape index (κ2) is 6.16. The van der Waals surface area contributed by atoms with Gasteiger partial charge in [-0.15, -0.1) is 0 Å². The minimum absolute atomic E-state index is 0.000139. The molecule has 0 bridgehead atoms. The van der Waals surface area contributed by atoms with E-state index in [-0.39, 0.29) is 6.04 Å². The predicted octanol–water partition coefficient (Wildman–Crippen LogP) is 1.96. The van der Waals surface area contributed by atoms with Crippen LogP contribution in [0.4, 0.5) is 5.69 Å². The summed E-state index contributed by atoms with van der Waals surface area (Å²) in [5, 5.41) is 0. The van der Waals surface area contributed by atoms with Gasteiger partial charge in [-0.2, -0.15) is 0 Å². The molecule has 4 heteroatoms. The number of hydrogen-bond donors (Lipinski definition) is 1. The number of ether oxygens (including phenoxy) is 1. The van der Waals surface area contributed by atoms with E-state index < -0.39 is 0 Å². The Bertz CT molecular complexity index is 358. The van der Waals surface area contributed by atoms with Crippen LogP contribution in [0.15, 0.2) is 18.3 Å². The highest BCUT2D eigenvalue weighted by Gasteiger charge is 2.16. The van der Waals surface area contributed by atoms with E-state index in [1.165, 1.54) is 0 Å². The van der Waals surface area contributed by atoms with E-state index in [1.807, 2.05) is 19.2 Å². The van der Waals surface area contributed by atoms with Gasteiger partial charge in [0.15, 0.2) is 0 Å². The van der Waals surface area contributed by atoms with Gasteiger partial charge in [0.1, 0.15) is 0 Å². The number of nitrogens with two attached hydrogens (primary N) is 1. The molecule has 0 unspecified atom stereocenters. The lowest BCUT2D eigenvalue weighted by Gasteiger charge is -2.28. The quantitative estimate of drug-likeness (QED) is 0.886. The number of nitrogens with zero attached hydrogens (tertiary/aromatic N) is 2. The summed E-state index contributed by atoms with van der Waals surface area (Å²) in [5.74, 6) is 0.733. The third-order valence-corrected chi connectivity index (χ3v) is 3.55. The van der Waals surface area contributed by atoms with E-state index >= 15 is 0 Å². The molecule has 0 aromatic carbocycles. The van der Waals surface area contributed by atoms with Crippen LogP contribution in [0, 0.1) is 5.92 Å². The molecule has 1 aromatic rings. The van der Waals surface area contributed by atoms with E-state index in [0.29, 0.717) is 0 Å². The molecule has 0 saturated carbocycles. The van der Waals surface area contributed by atoms with E-state index in [2.05, 4.69) is 23.0 Å². The highest BCUT2D eigenvalue weighted by atomic mass is 16.5. The summed E-state index contributed by atoms with van der Waals surface area (Å²) < 4.78 is 5.38. The maximum absolute atomic E-state index is 5.80. The second-order valence-electron chi connectivity index (χ2n) is 5.17. The first-order valence-corrected chi connectivity index (χ1v) is 6.67. The van der Waals surface area contributed by atoms with Crippen LogP contribution >= 0.6 is 0 Å². The molecule has 1 saturated heterocycles. The Labute approximate surface area is 109 Å². The van der Waals surface area contributed by atoms with Crippen molar-refractivity contribution in [1.29, 1.82) is 0 Å². The molecule has 2 N–H and O–H groups in total. The van der Waals surface area contributed by atoms with E-state index in [9.17, 15) is 0 Å². The molecule has 1 aromatic heterocycles. The topological polar surface area (TPSA) is 51.4 Å². The van der Waals surface area contributed by atoms with Gasteiger partial charge < -0.3 is 15.4 Å². The lowest BCUT2D eigenvalue weighted by atomic mass is 10.00. The van der Waals surface area contributed by atoms with Gasteiger partial charge in [-0.05, 0) is 37.8 Å². The lowest BCUT2D eigenvalue weighted by molar-refractivity contribution is 0.0685. The van der Waals surface area contributed by atoms with Crippen LogP contribution < -0.4 is 10.6 Å². The molecule has 18 heavy (non-hydrogen) atoms. The molecule has 0 spiro atoms. The van der Waals surface area contributed by atoms with Crippen molar-refractivity contribution < 1.29 is 4.74 Å². The summed E-state index contributed by atoms with van der Waals surface area (Å²) in [5.41, 5.74) is 7.90. The van der Waals surface area contributed by atoms with E-state index in [4.69, 9.17) is 10.5 Å². The van der Waals surface area contributed by atoms with Gasteiger partial charge in [-0.3, -0.25) is 4.98 Å². The van der Waals surface area contributed by atoms with Crippen molar-refractivity contribution in [3.8, 4) is 0 Å². The fourth-order valence-electron chi connectivity index (χ4n) is 2.31. The summed E-state index contributed by atoms with van der Waals surface area (Å²) in [6, 6.07) is 4.12. The Morgan fingerprint density at radius 3 is 2.72 bits per heavy atom. The summed E-state index contributed by atoms with van der Waals surface area (Å²) in [6.07, 6.45) is 4.24. The van der Waals surface area contributed by atoms with Gasteiger partial charge in [0.2, 0.25) is 0 Å². The Morgan fingerprint density at radius 2 is 2.17 bits per heavy atom. The molecule has 4 nitrogen and oxygen atoms in total. The molecule has 2 rings (SSSR count). The van der Waals surface area contributed by atoms with Crippen LogP contribution in [-0.2, 0) is 4.74 Å². The number of aromatic nitrogens is 1. The minimum atomic E-state index is -0.000139. The van der Waals surface area contributed by atoms with Crippen molar-refractivity contribution in [2.45, 2.75) is 25.8 Å². The van der Waals surface area contributed by atoms with Crippen molar-refractivity contribution in [3.63, 3.8) is 0 Å². The number of pyridine rings is 1. The van der Waals surface area contributed by atoms with Crippen LogP contribution in [0.5, 0.6) is 0 Å². The van der Waals surface area contributed by atoms with Crippen LogP contribution in [0.25, 0.3) is 0 Å². The third-order valence-electron chi connectivity index (χ3n) is 3.55. The van der Waals surface area contributed by atoms with Crippen molar-refractivity contribution in [2.24, 2.45) is 11.7 Å². The van der Waals surface area contributed by atoms with E-state index in [0.717, 1.165) is 49.9 Å². The van der Waals surface area contributed by atoms with Gasteiger partial charge in [-0.1, -0.05) is 0 Å². The maximum atomic E-state index is 5.80. The van der Waals surface area contributed by atoms with Gasteiger partial charge in [-0.25, -0.2) is 0 Å². The first-order valence-electron chi connectivity index (χ1n) is 6.67. The lowest BCUT2D eigenvalue weighted by Crippen LogP contribution is -2.29. The van der Waals surface area contributed by atoms with Crippen molar-refractivity contribution in [3.05, 3.63) is 24.0 Å². The SMILES string of the molecule is C[C@@H](N)c1ccc(N(C)CC2CCOCC2)cn1. The zero-order chi connectivity index (χ0) is 13.0. The largest absolute Gasteiger partial charge is 0.381 e. The highest BCUT2D eigenvalue weighted by molar-refractivity contribution is 5.43. The molecule has 1 fully saturated rings. The Kier molecular flexibility index (Phi) is 4.55. The fraction of sp³-hybridized carbons (Fsp3) is 0.643. The normalized spacial score (nSPS) is 18.6. The van der Waals surface area contributed by atoms with Gasteiger partial charge in [0.05, 0.1) is 17.6 Å². The standard InChI is InChI=1S/C14H23N3O/c1-11(15)14-4-3-13(9-16-14)17(2)10-12-5-7-18-8-6-12/h3-4,9,11-12H,5-8,10,15H2,1-2H3/t11-/m1/s1.